The van der Waals surface area contributed by atoms with E-state index in [1.807, 2.05) is 42.5 Å². The SMILES string of the molecule is NC(c1cccnc1)c1cnn(-c2ccccc2)n1. The Labute approximate surface area is 110 Å². The molecule has 0 aliphatic rings. The normalized spacial score (nSPS) is 12.3. The molecule has 3 rings (SSSR count). The number of para-hydroxylation sites is 1. The van der Waals surface area contributed by atoms with Gasteiger partial charge in [-0.05, 0) is 23.8 Å². The Bertz CT molecular complexity index is 648. The molecule has 94 valence electrons. The molecular weight excluding hydrogens is 238 g/mol. The van der Waals surface area contributed by atoms with Crippen molar-refractivity contribution in [3.05, 3.63) is 72.3 Å². The molecule has 1 aromatic carbocycles. The van der Waals surface area contributed by atoms with Crippen LogP contribution in [-0.2, 0) is 0 Å². The largest absolute Gasteiger partial charge is 0.319 e. The van der Waals surface area contributed by atoms with Crippen LogP contribution in [-0.4, -0.2) is 20.0 Å². The van der Waals surface area contributed by atoms with Gasteiger partial charge in [0.15, 0.2) is 0 Å². The summed E-state index contributed by atoms with van der Waals surface area (Å²) in [4.78, 5) is 5.64. The summed E-state index contributed by atoms with van der Waals surface area (Å²) >= 11 is 0. The maximum absolute atomic E-state index is 6.15. The lowest BCUT2D eigenvalue weighted by molar-refractivity contribution is 0.719. The minimum atomic E-state index is -0.314. The molecule has 2 N–H and O–H groups in total. The Balaban J connectivity index is 1.90. The fourth-order valence-electron chi connectivity index (χ4n) is 1.83. The van der Waals surface area contributed by atoms with Gasteiger partial charge in [-0.25, -0.2) is 0 Å². The zero-order chi connectivity index (χ0) is 13.1. The summed E-state index contributed by atoms with van der Waals surface area (Å²) in [5, 5.41) is 8.65. The molecule has 2 aromatic heterocycles. The van der Waals surface area contributed by atoms with E-state index in [4.69, 9.17) is 5.73 Å². The number of hydrogen-bond donors (Lipinski definition) is 1. The quantitative estimate of drug-likeness (QED) is 0.769. The lowest BCUT2D eigenvalue weighted by Crippen LogP contribution is -2.13. The highest BCUT2D eigenvalue weighted by atomic mass is 15.5. The molecule has 3 aromatic rings. The minimum absolute atomic E-state index is 0.314. The van der Waals surface area contributed by atoms with E-state index >= 15 is 0 Å². The summed E-state index contributed by atoms with van der Waals surface area (Å²) in [6.45, 7) is 0. The van der Waals surface area contributed by atoms with Gasteiger partial charge in [0.1, 0.15) is 5.69 Å². The fraction of sp³-hybridized carbons (Fsp3) is 0.0714. The summed E-state index contributed by atoms with van der Waals surface area (Å²) in [6.07, 6.45) is 5.15. The first kappa shape index (κ1) is 11.6. The van der Waals surface area contributed by atoms with Crippen LogP contribution < -0.4 is 5.73 Å². The first-order valence-corrected chi connectivity index (χ1v) is 5.98. The molecule has 0 aliphatic carbocycles. The van der Waals surface area contributed by atoms with Crippen molar-refractivity contribution in [3.8, 4) is 5.69 Å². The van der Waals surface area contributed by atoms with Gasteiger partial charge in [0, 0.05) is 12.4 Å². The van der Waals surface area contributed by atoms with E-state index in [-0.39, 0.29) is 6.04 Å². The lowest BCUT2D eigenvalue weighted by Gasteiger charge is -2.07. The van der Waals surface area contributed by atoms with Crippen molar-refractivity contribution in [2.45, 2.75) is 6.04 Å². The highest BCUT2D eigenvalue weighted by Gasteiger charge is 2.13. The average Bonchev–Trinajstić information content (AvgIpc) is 2.98. The van der Waals surface area contributed by atoms with Gasteiger partial charge in [-0.15, -0.1) is 0 Å². The van der Waals surface area contributed by atoms with Gasteiger partial charge in [0.25, 0.3) is 0 Å². The van der Waals surface area contributed by atoms with Crippen molar-refractivity contribution in [1.82, 2.24) is 20.0 Å². The van der Waals surface area contributed by atoms with Crippen LogP contribution in [0.1, 0.15) is 17.3 Å². The predicted molar refractivity (Wildman–Crippen MR) is 71.6 cm³/mol. The number of nitrogens with zero attached hydrogens (tertiary/aromatic N) is 4. The highest BCUT2D eigenvalue weighted by Crippen LogP contribution is 2.16. The predicted octanol–water partition coefficient (Wildman–Crippen LogP) is 1.71. The van der Waals surface area contributed by atoms with E-state index in [0.717, 1.165) is 16.9 Å². The molecule has 0 amide bonds. The van der Waals surface area contributed by atoms with E-state index in [2.05, 4.69) is 15.2 Å². The van der Waals surface area contributed by atoms with Crippen LogP contribution in [0.4, 0.5) is 0 Å². The van der Waals surface area contributed by atoms with Crippen molar-refractivity contribution < 1.29 is 0 Å². The van der Waals surface area contributed by atoms with Gasteiger partial charge in [-0.3, -0.25) is 4.98 Å². The number of pyridine rings is 1. The molecule has 5 nitrogen and oxygen atoms in total. The van der Waals surface area contributed by atoms with E-state index in [9.17, 15) is 0 Å². The standard InChI is InChI=1S/C14H13N5/c15-14(11-5-4-8-16-9-11)13-10-17-19(18-13)12-6-2-1-3-7-12/h1-10,14H,15H2. The molecule has 1 unspecified atom stereocenters. The van der Waals surface area contributed by atoms with Gasteiger partial charge in [0.2, 0.25) is 0 Å². The molecule has 0 spiro atoms. The third-order valence-corrected chi connectivity index (χ3v) is 2.86. The maximum Gasteiger partial charge on any atom is 0.104 e. The zero-order valence-electron chi connectivity index (χ0n) is 10.2. The van der Waals surface area contributed by atoms with Crippen LogP contribution in [0, 0.1) is 0 Å². The fourth-order valence-corrected chi connectivity index (χ4v) is 1.83. The molecule has 0 radical (unpaired) electrons. The minimum Gasteiger partial charge on any atom is -0.319 e. The Morgan fingerprint density at radius 1 is 1.00 bits per heavy atom. The second kappa shape index (κ2) is 4.99. The van der Waals surface area contributed by atoms with Crippen molar-refractivity contribution in [1.29, 1.82) is 0 Å². The van der Waals surface area contributed by atoms with Gasteiger partial charge in [0.05, 0.1) is 17.9 Å². The molecule has 2 heterocycles. The topological polar surface area (TPSA) is 69.6 Å². The van der Waals surface area contributed by atoms with E-state index in [1.54, 1.807) is 23.4 Å². The second-order valence-electron chi connectivity index (χ2n) is 4.16. The van der Waals surface area contributed by atoms with Crippen LogP contribution in [0.3, 0.4) is 0 Å². The summed E-state index contributed by atoms with van der Waals surface area (Å²) in [5.41, 5.74) is 8.70. The van der Waals surface area contributed by atoms with E-state index < -0.39 is 0 Å². The third kappa shape index (κ3) is 2.36. The first-order valence-electron chi connectivity index (χ1n) is 5.98. The van der Waals surface area contributed by atoms with Gasteiger partial charge in [-0.1, -0.05) is 24.3 Å². The lowest BCUT2D eigenvalue weighted by atomic mass is 10.1. The molecule has 5 heteroatoms. The highest BCUT2D eigenvalue weighted by molar-refractivity contribution is 5.29. The van der Waals surface area contributed by atoms with Gasteiger partial charge < -0.3 is 5.73 Å². The molecule has 0 fully saturated rings. The molecule has 0 bridgehead atoms. The number of nitrogens with two attached hydrogens (primary N) is 1. The van der Waals surface area contributed by atoms with Crippen molar-refractivity contribution >= 4 is 0 Å². The van der Waals surface area contributed by atoms with Crippen molar-refractivity contribution in [2.75, 3.05) is 0 Å². The molecule has 1 atom stereocenters. The molecule has 0 aliphatic heterocycles. The summed E-state index contributed by atoms with van der Waals surface area (Å²) in [7, 11) is 0. The number of aromatic nitrogens is 4. The third-order valence-electron chi connectivity index (χ3n) is 2.86. The summed E-state index contributed by atoms with van der Waals surface area (Å²) in [6, 6.07) is 13.2. The number of hydrogen-bond acceptors (Lipinski definition) is 4. The average molecular weight is 251 g/mol. The molecule has 0 saturated heterocycles. The zero-order valence-corrected chi connectivity index (χ0v) is 10.2. The number of rotatable bonds is 3. The Hall–Kier alpha value is -2.53. The molecule has 19 heavy (non-hydrogen) atoms. The monoisotopic (exact) mass is 251 g/mol. The maximum atomic E-state index is 6.15. The van der Waals surface area contributed by atoms with Crippen molar-refractivity contribution in [3.63, 3.8) is 0 Å². The van der Waals surface area contributed by atoms with Gasteiger partial charge in [-0.2, -0.15) is 15.0 Å². The second-order valence-corrected chi connectivity index (χ2v) is 4.16. The molecular formula is C14H13N5. The van der Waals surface area contributed by atoms with Crippen LogP contribution >= 0.6 is 0 Å². The van der Waals surface area contributed by atoms with Crippen LogP contribution in [0.5, 0.6) is 0 Å². The Kier molecular flexibility index (Phi) is 3.04. The summed E-state index contributed by atoms with van der Waals surface area (Å²) < 4.78 is 0. The van der Waals surface area contributed by atoms with Crippen molar-refractivity contribution in [2.24, 2.45) is 5.73 Å². The van der Waals surface area contributed by atoms with Crippen LogP contribution in [0.15, 0.2) is 61.1 Å². The first-order chi connectivity index (χ1) is 9.34. The van der Waals surface area contributed by atoms with Crippen LogP contribution in [0.2, 0.25) is 0 Å². The Morgan fingerprint density at radius 2 is 1.84 bits per heavy atom. The Morgan fingerprint density at radius 3 is 2.58 bits per heavy atom. The number of benzene rings is 1. The van der Waals surface area contributed by atoms with E-state index in [1.165, 1.54) is 0 Å². The van der Waals surface area contributed by atoms with E-state index in [0.29, 0.717) is 0 Å². The molecule has 0 saturated carbocycles. The smallest absolute Gasteiger partial charge is 0.104 e. The van der Waals surface area contributed by atoms with Crippen LogP contribution in [0.25, 0.3) is 5.69 Å². The summed E-state index contributed by atoms with van der Waals surface area (Å²) in [5.74, 6) is 0. The van der Waals surface area contributed by atoms with Gasteiger partial charge >= 0.3 is 0 Å².